The zero-order valence-corrected chi connectivity index (χ0v) is 19.4. The highest BCUT2D eigenvalue weighted by atomic mass is 35.5. The van der Waals surface area contributed by atoms with Crippen molar-refractivity contribution in [3.05, 3.63) is 59.1 Å². The van der Waals surface area contributed by atoms with Crippen molar-refractivity contribution < 1.29 is 13.9 Å². The van der Waals surface area contributed by atoms with Crippen LogP contribution in [-0.4, -0.2) is 53.5 Å². The Bertz CT molecular complexity index is 1040. The highest BCUT2D eigenvalue weighted by Crippen LogP contribution is 2.27. The zero-order valence-electron chi connectivity index (χ0n) is 17.8. The molecule has 4 rings (SSSR count). The molecule has 1 saturated heterocycles. The molecular formula is C23H25ClN4O3S. The zero-order chi connectivity index (χ0) is 22.3. The Morgan fingerprint density at radius 2 is 2.00 bits per heavy atom. The molecule has 0 saturated carbocycles. The van der Waals surface area contributed by atoms with Crippen molar-refractivity contribution in [3.8, 4) is 17.2 Å². The van der Waals surface area contributed by atoms with Crippen LogP contribution in [-0.2, 0) is 4.79 Å². The number of hydrogen-bond acceptors (Lipinski definition) is 7. The van der Waals surface area contributed by atoms with Crippen LogP contribution in [0.2, 0.25) is 5.02 Å². The fraction of sp³-hybridized carbons (Fsp3) is 0.348. The number of hydrogen-bond donors (Lipinski definition) is 1. The molecule has 0 spiro atoms. The van der Waals surface area contributed by atoms with E-state index in [4.69, 9.17) is 20.8 Å². The van der Waals surface area contributed by atoms with E-state index in [1.165, 1.54) is 24.6 Å². The van der Waals surface area contributed by atoms with Crippen molar-refractivity contribution in [1.29, 1.82) is 0 Å². The van der Waals surface area contributed by atoms with E-state index in [-0.39, 0.29) is 17.7 Å². The van der Waals surface area contributed by atoms with Gasteiger partial charge in [0.25, 0.3) is 5.22 Å². The first-order chi connectivity index (χ1) is 15.6. The molecule has 1 amide bonds. The number of carbonyl (C=O) groups is 1. The summed E-state index contributed by atoms with van der Waals surface area (Å²) in [4.78, 5) is 14.9. The van der Waals surface area contributed by atoms with Gasteiger partial charge in [-0.2, -0.15) is 0 Å². The molecule has 1 fully saturated rings. The van der Waals surface area contributed by atoms with Gasteiger partial charge >= 0.3 is 0 Å². The van der Waals surface area contributed by atoms with E-state index < -0.39 is 0 Å². The van der Waals surface area contributed by atoms with Crippen LogP contribution < -0.4 is 10.1 Å². The summed E-state index contributed by atoms with van der Waals surface area (Å²) in [5.41, 5.74) is 1.91. The van der Waals surface area contributed by atoms with Crippen molar-refractivity contribution in [3.63, 3.8) is 0 Å². The molecule has 9 heteroatoms. The molecule has 7 nitrogen and oxygen atoms in total. The molecule has 1 aromatic heterocycles. The molecule has 0 bridgehead atoms. The fourth-order valence-electron chi connectivity index (χ4n) is 3.73. The molecule has 1 atom stereocenters. The second-order valence-electron chi connectivity index (χ2n) is 7.51. The molecule has 1 aliphatic rings. The van der Waals surface area contributed by atoms with E-state index >= 15 is 0 Å². The number of aromatic nitrogens is 2. The standard InChI is InChI=1S/C23H25ClN4O3S/c1-30-19-9-7-16(8-10-19)22-26-27-23(31-22)32-15-21(29)25-14-20(28-11-2-3-12-28)17-5-4-6-18(24)13-17/h4-10,13,20H,2-3,11-12,14-15H2,1H3,(H,25,29). The molecule has 0 aliphatic carbocycles. The summed E-state index contributed by atoms with van der Waals surface area (Å²) in [5, 5.41) is 12.2. The largest absolute Gasteiger partial charge is 0.497 e. The van der Waals surface area contributed by atoms with Crippen LogP contribution in [0.4, 0.5) is 0 Å². The normalized spacial score (nSPS) is 14.9. The van der Waals surface area contributed by atoms with Crippen molar-refractivity contribution >= 4 is 29.3 Å². The van der Waals surface area contributed by atoms with Crippen molar-refractivity contribution in [2.75, 3.05) is 32.5 Å². The summed E-state index contributed by atoms with van der Waals surface area (Å²) in [6.45, 7) is 2.58. The molecule has 168 valence electrons. The minimum atomic E-state index is -0.0783. The predicted octanol–water partition coefficient (Wildman–Crippen LogP) is 4.44. The third kappa shape index (κ3) is 5.82. The minimum Gasteiger partial charge on any atom is -0.497 e. The summed E-state index contributed by atoms with van der Waals surface area (Å²) in [7, 11) is 1.61. The van der Waals surface area contributed by atoms with E-state index in [2.05, 4.69) is 26.5 Å². The predicted molar refractivity (Wildman–Crippen MR) is 125 cm³/mol. The summed E-state index contributed by atoms with van der Waals surface area (Å²) in [5.74, 6) is 1.28. The smallest absolute Gasteiger partial charge is 0.277 e. The highest BCUT2D eigenvalue weighted by molar-refractivity contribution is 7.99. The third-order valence-corrected chi connectivity index (χ3v) is 6.43. The molecule has 1 unspecified atom stereocenters. The molecule has 2 aromatic carbocycles. The van der Waals surface area contributed by atoms with Gasteiger partial charge in [-0.15, -0.1) is 10.2 Å². The number of rotatable bonds is 9. The maximum absolute atomic E-state index is 12.5. The number of likely N-dealkylation sites (tertiary alicyclic amines) is 1. The van der Waals surface area contributed by atoms with Gasteiger partial charge < -0.3 is 14.5 Å². The first-order valence-electron chi connectivity index (χ1n) is 10.5. The number of ether oxygens (including phenoxy) is 1. The number of halogens is 1. The Morgan fingerprint density at radius 3 is 2.72 bits per heavy atom. The molecule has 32 heavy (non-hydrogen) atoms. The number of methoxy groups -OCH3 is 1. The highest BCUT2D eigenvalue weighted by Gasteiger charge is 2.24. The Labute approximate surface area is 196 Å². The van der Waals surface area contributed by atoms with Gasteiger partial charge in [-0.25, -0.2) is 0 Å². The summed E-state index contributed by atoms with van der Waals surface area (Å²) >= 11 is 7.42. The number of thioether (sulfide) groups is 1. The summed E-state index contributed by atoms with van der Waals surface area (Å²) in [6.07, 6.45) is 2.35. The fourth-order valence-corrected chi connectivity index (χ4v) is 4.52. The van der Waals surface area contributed by atoms with Crippen LogP contribution >= 0.6 is 23.4 Å². The maximum atomic E-state index is 12.5. The molecule has 3 aromatic rings. The number of amides is 1. The lowest BCUT2D eigenvalue weighted by Gasteiger charge is -2.28. The Morgan fingerprint density at radius 1 is 1.22 bits per heavy atom. The lowest BCUT2D eigenvalue weighted by Crippen LogP contribution is -2.37. The Balaban J connectivity index is 1.31. The monoisotopic (exact) mass is 472 g/mol. The summed E-state index contributed by atoms with van der Waals surface area (Å²) < 4.78 is 10.8. The van der Waals surface area contributed by atoms with Gasteiger partial charge in [0.1, 0.15) is 5.75 Å². The summed E-state index contributed by atoms with van der Waals surface area (Å²) in [6, 6.07) is 15.3. The average molecular weight is 473 g/mol. The molecule has 2 heterocycles. The Kier molecular flexibility index (Phi) is 7.68. The van der Waals surface area contributed by atoms with E-state index in [9.17, 15) is 4.79 Å². The SMILES string of the molecule is COc1ccc(-c2nnc(SCC(=O)NCC(c3cccc(Cl)c3)N3CCCC3)o2)cc1. The van der Waals surface area contributed by atoms with Gasteiger partial charge in [-0.1, -0.05) is 35.5 Å². The van der Waals surface area contributed by atoms with Crippen molar-refractivity contribution in [1.82, 2.24) is 20.4 Å². The van der Waals surface area contributed by atoms with Crippen LogP contribution in [0.15, 0.2) is 58.2 Å². The van der Waals surface area contributed by atoms with Crippen LogP contribution in [0.3, 0.4) is 0 Å². The van der Waals surface area contributed by atoms with Crippen LogP contribution in [0, 0.1) is 0 Å². The van der Waals surface area contributed by atoms with Gasteiger partial charge in [-0.3, -0.25) is 9.69 Å². The van der Waals surface area contributed by atoms with E-state index in [1.807, 2.05) is 42.5 Å². The third-order valence-electron chi connectivity index (χ3n) is 5.38. The Hall–Kier alpha value is -2.55. The molecular weight excluding hydrogens is 448 g/mol. The van der Waals surface area contributed by atoms with Gasteiger partial charge in [-0.05, 0) is 67.9 Å². The van der Waals surface area contributed by atoms with Crippen LogP contribution in [0.5, 0.6) is 5.75 Å². The van der Waals surface area contributed by atoms with Crippen LogP contribution in [0.25, 0.3) is 11.5 Å². The lowest BCUT2D eigenvalue weighted by molar-refractivity contribution is -0.118. The van der Waals surface area contributed by atoms with Crippen molar-refractivity contribution in [2.45, 2.75) is 24.1 Å². The second-order valence-corrected chi connectivity index (χ2v) is 8.87. The number of nitrogens with zero attached hydrogens (tertiary/aromatic N) is 3. The van der Waals surface area contributed by atoms with E-state index in [1.54, 1.807) is 7.11 Å². The van der Waals surface area contributed by atoms with Crippen LogP contribution in [0.1, 0.15) is 24.4 Å². The van der Waals surface area contributed by atoms with Crippen molar-refractivity contribution in [2.24, 2.45) is 0 Å². The number of nitrogens with one attached hydrogen (secondary N) is 1. The van der Waals surface area contributed by atoms with E-state index in [0.717, 1.165) is 30.0 Å². The minimum absolute atomic E-state index is 0.0783. The molecule has 1 N–H and O–H groups in total. The first-order valence-corrected chi connectivity index (χ1v) is 11.9. The second kappa shape index (κ2) is 10.8. The maximum Gasteiger partial charge on any atom is 0.277 e. The average Bonchev–Trinajstić information content (AvgIpc) is 3.51. The number of benzene rings is 2. The van der Waals surface area contributed by atoms with E-state index in [0.29, 0.717) is 22.7 Å². The van der Waals surface area contributed by atoms with Gasteiger partial charge in [0.15, 0.2) is 0 Å². The number of carbonyl (C=O) groups excluding carboxylic acids is 1. The quantitative estimate of drug-likeness (QED) is 0.461. The first kappa shape index (κ1) is 22.6. The van der Waals surface area contributed by atoms with Gasteiger partial charge in [0.05, 0.1) is 18.9 Å². The molecule has 0 radical (unpaired) electrons. The topological polar surface area (TPSA) is 80.5 Å². The lowest BCUT2D eigenvalue weighted by atomic mass is 10.1. The molecule has 1 aliphatic heterocycles. The van der Waals surface area contributed by atoms with Gasteiger partial charge in [0.2, 0.25) is 11.8 Å². The van der Waals surface area contributed by atoms with Gasteiger partial charge in [0, 0.05) is 17.1 Å².